The van der Waals surface area contributed by atoms with Gasteiger partial charge in [-0.3, -0.25) is 9.67 Å². The van der Waals surface area contributed by atoms with Crippen molar-refractivity contribution < 1.29 is 8.78 Å². The van der Waals surface area contributed by atoms with Crippen LogP contribution >= 0.6 is 0 Å². The number of nitrogens with two attached hydrogens (primary N) is 2. The first-order valence-corrected chi connectivity index (χ1v) is 12.2. The Morgan fingerprint density at radius 2 is 1.92 bits per heavy atom. The number of hydrogen-bond acceptors (Lipinski definition) is 8. The maximum absolute atomic E-state index is 14.0. The number of hydrogen-bond donors (Lipinski definition) is 2. The van der Waals surface area contributed by atoms with Crippen molar-refractivity contribution in [3.63, 3.8) is 0 Å². The molecule has 0 amide bonds. The lowest BCUT2D eigenvalue weighted by molar-refractivity contribution is 0.342. The number of imidazole rings is 1. The van der Waals surface area contributed by atoms with E-state index >= 15 is 0 Å². The molecule has 0 spiro atoms. The third-order valence-corrected chi connectivity index (χ3v) is 7.04. The largest absolute Gasteiger partial charge is 0.382 e. The van der Waals surface area contributed by atoms with Gasteiger partial charge in [-0.15, -0.1) is 0 Å². The molecule has 1 atom stereocenters. The molecule has 6 rings (SSSR count). The Hall–Kier alpha value is -4.45. The van der Waals surface area contributed by atoms with Crippen LogP contribution in [0.2, 0.25) is 0 Å². The van der Waals surface area contributed by atoms with Crippen LogP contribution in [0.25, 0.3) is 22.4 Å². The van der Waals surface area contributed by atoms with Gasteiger partial charge in [0, 0.05) is 31.9 Å². The van der Waals surface area contributed by atoms with Crippen molar-refractivity contribution in [1.82, 2.24) is 34.3 Å². The lowest BCUT2D eigenvalue weighted by atomic mass is 9.86. The molecule has 0 unspecified atom stereocenters. The summed E-state index contributed by atoms with van der Waals surface area (Å²) >= 11 is 0. The maximum atomic E-state index is 14.0. The monoisotopic (exact) mass is 516 g/mol. The second kappa shape index (κ2) is 9.14. The molecule has 0 saturated carbocycles. The number of benzene rings is 1. The lowest BCUT2D eigenvalue weighted by Crippen LogP contribution is -2.52. The first-order chi connectivity index (χ1) is 18.3. The van der Waals surface area contributed by atoms with E-state index in [2.05, 4.69) is 29.9 Å². The van der Waals surface area contributed by atoms with Crippen LogP contribution in [0.5, 0.6) is 0 Å². The summed E-state index contributed by atoms with van der Waals surface area (Å²) in [7, 11) is 1.87. The van der Waals surface area contributed by atoms with E-state index in [9.17, 15) is 8.78 Å². The van der Waals surface area contributed by atoms with E-state index in [1.807, 2.05) is 29.9 Å². The number of rotatable bonds is 5. The second-order valence-corrected chi connectivity index (χ2v) is 9.69. The number of halogens is 2. The molecule has 0 radical (unpaired) electrons. The van der Waals surface area contributed by atoms with Crippen molar-refractivity contribution in [1.29, 1.82) is 0 Å². The van der Waals surface area contributed by atoms with Crippen molar-refractivity contribution in [2.24, 2.45) is 12.8 Å². The van der Waals surface area contributed by atoms with E-state index < -0.39 is 17.2 Å². The van der Waals surface area contributed by atoms with Gasteiger partial charge in [0.1, 0.15) is 11.8 Å². The Balaban J connectivity index is 1.42. The molecule has 4 N–H and O–H groups in total. The predicted molar refractivity (Wildman–Crippen MR) is 139 cm³/mol. The average molecular weight is 517 g/mol. The molecular formula is C26H26F2N10. The van der Waals surface area contributed by atoms with Gasteiger partial charge in [-0.2, -0.15) is 5.10 Å². The third-order valence-electron chi connectivity index (χ3n) is 7.04. The van der Waals surface area contributed by atoms with Gasteiger partial charge in [0.05, 0.1) is 41.7 Å². The molecule has 0 aliphatic carbocycles. The van der Waals surface area contributed by atoms with Crippen LogP contribution in [-0.4, -0.2) is 47.4 Å². The molecule has 12 heteroatoms. The minimum atomic E-state index is -0.929. The van der Waals surface area contributed by atoms with Gasteiger partial charge in [-0.25, -0.2) is 23.7 Å². The smallest absolute Gasteiger partial charge is 0.165 e. The molecule has 5 aromatic rings. The summed E-state index contributed by atoms with van der Waals surface area (Å²) < 4.78 is 31.3. The normalized spacial score (nSPS) is 17.8. The molecule has 1 aliphatic rings. The number of fused-ring (bicyclic) bond motifs is 1. The van der Waals surface area contributed by atoms with Crippen molar-refractivity contribution in [3.8, 4) is 11.3 Å². The SMILES string of the molecule is Cn1ccc([C@@]2(N)CCCN(c3cnc(-c4ccc(F)c(F)c4)cc3Cn3cnc4c(N)ncnc43)C2)n1. The number of nitrogen functional groups attached to an aromatic ring is 1. The van der Waals surface area contributed by atoms with E-state index in [0.29, 0.717) is 41.3 Å². The highest BCUT2D eigenvalue weighted by atomic mass is 19.2. The maximum Gasteiger partial charge on any atom is 0.165 e. The summed E-state index contributed by atoms with van der Waals surface area (Å²) in [5, 5.41) is 4.57. The second-order valence-electron chi connectivity index (χ2n) is 9.69. The van der Waals surface area contributed by atoms with Gasteiger partial charge in [-0.05, 0) is 48.7 Å². The number of anilines is 2. The number of aryl methyl sites for hydroxylation is 1. The molecule has 1 saturated heterocycles. The summed E-state index contributed by atoms with van der Waals surface area (Å²) in [6.45, 7) is 1.72. The number of pyridine rings is 1. The number of nitrogens with zero attached hydrogens (tertiary/aromatic N) is 8. The number of aromatic nitrogens is 7. The topological polar surface area (TPSA) is 130 Å². The van der Waals surface area contributed by atoms with E-state index in [1.54, 1.807) is 17.2 Å². The van der Waals surface area contributed by atoms with Crippen molar-refractivity contribution in [2.75, 3.05) is 23.7 Å². The highest BCUT2D eigenvalue weighted by Gasteiger charge is 2.36. The van der Waals surface area contributed by atoms with Gasteiger partial charge in [0.15, 0.2) is 23.1 Å². The molecule has 1 aliphatic heterocycles. The van der Waals surface area contributed by atoms with Crippen LogP contribution in [0.1, 0.15) is 24.1 Å². The summed E-state index contributed by atoms with van der Waals surface area (Å²) in [6.07, 6.45) is 8.39. The number of piperidine rings is 1. The van der Waals surface area contributed by atoms with Gasteiger partial charge in [-0.1, -0.05) is 0 Å². The van der Waals surface area contributed by atoms with E-state index in [0.717, 1.165) is 48.5 Å². The first kappa shape index (κ1) is 23.9. The summed E-state index contributed by atoms with van der Waals surface area (Å²) in [6, 6.07) is 7.60. The average Bonchev–Trinajstić information content (AvgIpc) is 3.53. The molecule has 1 fully saturated rings. The molecule has 38 heavy (non-hydrogen) atoms. The van der Waals surface area contributed by atoms with Crippen LogP contribution in [0.15, 0.2) is 55.4 Å². The Morgan fingerprint density at radius 3 is 2.71 bits per heavy atom. The first-order valence-electron chi connectivity index (χ1n) is 12.2. The Kier molecular flexibility index (Phi) is 5.75. The summed E-state index contributed by atoms with van der Waals surface area (Å²) in [4.78, 5) is 19.6. The van der Waals surface area contributed by atoms with Gasteiger partial charge < -0.3 is 20.9 Å². The van der Waals surface area contributed by atoms with E-state index in [4.69, 9.17) is 11.5 Å². The zero-order chi connectivity index (χ0) is 26.4. The Labute approximate surface area is 217 Å². The van der Waals surface area contributed by atoms with E-state index in [1.165, 1.54) is 12.4 Å². The predicted octanol–water partition coefficient (Wildman–Crippen LogP) is 2.98. The minimum absolute atomic E-state index is 0.297. The molecular weight excluding hydrogens is 490 g/mol. The van der Waals surface area contributed by atoms with Crippen molar-refractivity contribution in [3.05, 3.63) is 78.3 Å². The van der Waals surface area contributed by atoms with Crippen molar-refractivity contribution in [2.45, 2.75) is 24.9 Å². The minimum Gasteiger partial charge on any atom is -0.382 e. The summed E-state index contributed by atoms with van der Waals surface area (Å²) in [5.74, 6) is -1.54. The highest BCUT2D eigenvalue weighted by molar-refractivity contribution is 5.81. The van der Waals surface area contributed by atoms with Crippen LogP contribution in [0, 0.1) is 11.6 Å². The van der Waals surface area contributed by atoms with Crippen LogP contribution < -0.4 is 16.4 Å². The zero-order valence-electron chi connectivity index (χ0n) is 20.7. The van der Waals surface area contributed by atoms with Gasteiger partial charge in [0.25, 0.3) is 0 Å². The standard InChI is InChI=1S/C26H26F2N10/c1-36-8-5-22(35-36)26(30)6-2-7-37(13-26)21-11-31-20(16-3-4-18(27)19(28)9-16)10-17(21)12-38-15-34-23-24(29)32-14-33-25(23)38/h3-5,8-11,14-15H,2,6-7,12-13,30H2,1H3,(H2,29,32,33)/t26-/m1/s1. The molecule has 194 valence electrons. The summed E-state index contributed by atoms with van der Waals surface area (Å²) in [5.41, 5.74) is 17.0. The Bertz CT molecular complexity index is 1640. The Morgan fingerprint density at radius 1 is 1.05 bits per heavy atom. The molecule has 1 aromatic carbocycles. The molecule has 5 heterocycles. The zero-order valence-corrected chi connectivity index (χ0v) is 20.7. The van der Waals surface area contributed by atoms with Gasteiger partial charge in [0.2, 0.25) is 0 Å². The van der Waals surface area contributed by atoms with Gasteiger partial charge >= 0.3 is 0 Å². The highest BCUT2D eigenvalue weighted by Crippen LogP contribution is 2.34. The van der Waals surface area contributed by atoms with E-state index in [-0.39, 0.29) is 0 Å². The van der Waals surface area contributed by atoms with Crippen LogP contribution in [0.3, 0.4) is 0 Å². The fraction of sp³-hybridized carbons (Fsp3) is 0.269. The molecule has 0 bridgehead atoms. The fourth-order valence-electron chi connectivity index (χ4n) is 5.09. The third kappa shape index (κ3) is 4.22. The van der Waals surface area contributed by atoms with Crippen LogP contribution in [-0.2, 0) is 19.1 Å². The van der Waals surface area contributed by atoms with Crippen LogP contribution in [0.4, 0.5) is 20.3 Å². The van der Waals surface area contributed by atoms with Crippen molar-refractivity contribution >= 4 is 22.7 Å². The quantitative estimate of drug-likeness (QED) is 0.365. The molecule has 10 nitrogen and oxygen atoms in total. The molecule has 4 aromatic heterocycles. The lowest BCUT2D eigenvalue weighted by Gasteiger charge is -2.41. The fourth-order valence-corrected chi connectivity index (χ4v) is 5.09.